The Hall–Kier alpha value is -7.10. The predicted molar refractivity (Wildman–Crippen MR) is 239 cm³/mol. The molecule has 1 N–H and O–H groups in total. The second-order valence-electron chi connectivity index (χ2n) is 15.2. The van der Waals surface area contributed by atoms with Crippen LogP contribution in [0.2, 0.25) is 5.02 Å². The van der Waals surface area contributed by atoms with Crippen LogP contribution < -0.4 is 25.0 Å². The molecule has 18 heteroatoms. The molecule has 0 bridgehead atoms. The highest BCUT2D eigenvalue weighted by Gasteiger charge is 2.46. The maximum atomic E-state index is 13.5. The molecule has 1 atom stereocenters. The number of carbonyl (C=O) groups excluding carboxylic acids is 5. The third-order valence-corrected chi connectivity index (χ3v) is 10.8. The van der Waals surface area contributed by atoms with E-state index in [1.54, 1.807) is 68.7 Å². The Labute approximate surface area is 383 Å². The first-order valence-corrected chi connectivity index (χ1v) is 21.4. The molecule has 1 saturated heterocycles. The van der Waals surface area contributed by atoms with Crippen molar-refractivity contribution in [2.24, 2.45) is 0 Å². The molecule has 2 aliphatic heterocycles. The van der Waals surface area contributed by atoms with Gasteiger partial charge in [0.2, 0.25) is 11.8 Å². The minimum absolute atomic E-state index is 0.0289. The van der Waals surface area contributed by atoms with Crippen molar-refractivity contribution >= 4 is 52.1 Å². The number of carbonyl (C=O) groups is 5. The zero-order chi connectivity index (χ0) is 46.9. The third kappa shape index (κ3) is 10.5. The number of rotatable bonds is 20. The number of halogens is 1. The van der Waals surface area contributed by atoms with Crippen LogP contribution in [0.15, 0.2) is 82.0 Å². The summed E-state index contributed by atoms with van der Waals surface area (Å²) in [6, 6.07) is 20.1. The molecular weight excluding hydrogens is 876 g/mol. The van der Waals surface area contributed by atoms with Crippen LogP contribution in [0.4, 0.5) is 0 Å². The predicted octanol–water partition coefficient (Wildman–Crippen LogP) is 5.66. The van der Waals surface area contributed by atoms with Gasteiger partial charge in [0.25, 0.3) is 17.7 Å². The molecule has 0 spiro atoms. The number of imide groups is 2. The van der Waals surface area contributed by atoms with Crippen molar-refractivity contribution in [3.63, 3.8) is 0 Å². The van der Waals surface area contributed by atoms with E-state index in [2.05, 4.69) is 11.4 Å². The molecule has 2 aliphatic rings. The van der Waals surface area contributed by atoms with Gasteiger partial charge < -0.3 is 37.7 Å². The summed E-state index contributed by atoms with van der Waals surface area (Å²) < 4.78 is 40.5. The van der Waals surface area contributed by atoms with Crippen molar-refractivity contribution in [2.75, 3.05) is 73.6 Å². The van der Waals surface area contributed by atoms with Crippen molar-refractivity contribution in [2.45, 2.75) is 25.8 Å². The number of fused-ring (bicyclic) bond motifs is 2. The number of hydrogen-bond acceptors (Lipinski definition) is 14. The smallest absolute Gasteiger partial charge is 0.266 e. The summed E-state index contributed by atoms with van der Waals surface area (Å²) in [5.74, 6) is -1.35. The fraction of sp³-hybridized carbons (Fsp3) is 0.312. The first-order valence-electron chi connectivity index (χ1n) is 21.0. The van der Waals surface area contributed by atoms with Gasteiger partial charge in [0.1, 0.15) is 47.8 Å². The lowest BCUT2D eigenvalue weighted by atomic mass is 9.97. The van der Waals surface area contributed by atoms with E-state index in [4.69, 9.17) is 44.4 Å². The second-order valence-corrected chi connectivity index (χ2v) is 15.6. The molecule has 1 unspecified atom stereocenters. The summed E-state index contributed by atoms with van der Waals surface area (Å²) in [6.07, 6.45) is 0.0894. The van der Waals surface area contributed by atoms with E-state index >= 15 is 0 Å². The summed E-state index contributed by atoms with van der Waals surface area (Å²) in [7, 11) is 3.25. The number of benzene rings is 4. The van der Waals surface area contributed by atoms with Gasteiger partial charge in [-0.2, -0.15) is 5.26 Å². The maximum absolute atomic E-state index is 13.5. The zero-order valence-corrected chi connectivity index (χ0v) is 37.1. The topological polar surface area (TPSA) is 213 Å². The number of nitriles is 1. The summed E-state index contributed by atoms with van der Waals surface area (Å²) >= 11 is 6.66. The molecule has 0 saturated carbocycles. The molecular formula is C48H45ClN4O13. The minimum Gasteiger partial charge on any atom is -0.493 e. The van der Waals surface area contributed by atoms with E-state index in [9.17, 15) is 34.0 Å². The lowest BCUT2D eigenvalue weighted by Crippen LogP contribution is -2.54. The van der Waals surface area contributed by atoms with Crippen molar-refractivity contribution in [1.29, 1.82) is 5.26 Å². The average Bonchev–Trinajstić information content (AvgIpc) is 3.55. The van der Waals surface area contributed by atoms with Gasteiger partial charge in [-0.25, -0.2) is 0 Å². The van der Waals surface area contributed by atoms with Crippen molar-refractivity contribution < 1.29 is 56.8 Å². The molecule has 0 radical (unpaired) electrons. The Kier molecular flexibility index (Phi) is 15.1. The number of ether oxygens (including phenoxy) is 6. The average molecular weight is 921 g/mol. The van der Waals surface area contributed by atoms with E-state index < -0.39 is 29.7 Å². The van der Waals surface area contributed by atoms with Crippen LogP contribution in [-0.2, 0) is 23.8 Å². The van der Waals surface area contributed by atoms with Gasteiger partial charge in [-0.3, -0.25) is 39.0 Å². The van der Waals surface area contributed by atoms with Crippen molar-refractivity contribution in [1.82, 2.24) is 15.1 Å². The molecule has 7 rings (SSSR count). The Bertz CT molecular complexity index is 2800. The van der Waals surface area contributed by atoms with E-state index in [1.807, 2.05) is 6.92 Å². The number of hydrogen-bond donors (Lipinski definition) is 1. The quantitative estimate of drug-likeness (QED) is 0.0737. The lowest BCUT2D eigenvalue weighted by Gasteiger charge is -2.27. The van der Waals surface area contributed by atoms with E-state index in [1.165, 1.54) is 23.1 Å². The van der Waals surface area contributed by atoms with Gasteiger partial charge in [0.15, 0.2) is 5.43 Å². The highest BCUT2D eigenvalue weighted by molar-refractivity contribution is 6.33. The molecule has 66 heavy (non-hydrogen) atoms. The van der Waals surface area contributed by atoms with E-state index in [-0.39, 0.29) is 96.4 Å². The maximum Gasteiger partial charge on any atom is 0.266 e. The fourth-order valence-corrected chi connectivity index (χ4v) is 7.67. The molecule has 5 aromatic rings. The Morgan fingerprint density at radius 1 is 0.803 bits per heavy atom. The van der Waals surface area contributed by atoms with Gasteiger partial charge in [0.05, 0.1) is 79.4 Å². The lowest BCUT2D eigenvalue weighted by molar-refractivity contribution is -0.136. The summed E-state index contributed by atoms with van der Waals surface area (Å²) in [6.45, 7) is 4.10. The van der Waals surface area contributed by atoms with Crippen LogP contribution in [0.5, 0.6) is 17.2 Å². The van der Waals surface area contributed by atoms with E-state index in [0.29, 0.717) is 65.2 Å². The van der Waals surface area contributed by atoms with Gasteiger partial charge in [0, 0.05) is 49.3 Å². The van der Waals surface area contributed by atoms with Gasteiger partial charge in [-0.15, -0.1) is 0 Å². The van der Waals surface area contributed by atoms with Crippen molar-refractivity contribution in [3.8, 4) is 45.8 Å². The summed E-state index contributed by atoms with van der Waals surface area (Å²) in [5, 5.41) is 12.4. The summed E-state index contributed by atoms with van der Waals surface area (Å²) in [4.78, 5) is 78.8. The van der Waals surface area contributed by atoms with Crippen LogP contribution in [0.3, 0.4) is 0 Å². The van der Waals surface area contributed by atoms with Crippen LogP contribution in [-0.4, -0.2) is 119 Å². The first-order chi connectivity index (χ1) is 31.9. The molecule has 17 nitrogen and oxygen atoms in total. The van der Waals surface area contributed by atoms with Crippen LogP contribution in [0.25, 0.3) is 33.4 Å². The number of nitrogens with one attached hydrogen (secondary N) is 1. The Morgan fingerprint density at radius 3 is 2.18 bits per heavy atom. The molecule has 5 amide bonds. The Morgan fingerprint density at radius 2 is 1.52 bits per heavy atom. The zero-order valence-electron chi connectivity index (χ0n) is 36.3. The molecule has 0 aliphatic carbocycles. The molecule has 4 aromatic carbocycles. The molecule has 342 valence electrons. The minimum atomic E-state index is -1.07. The molecule has 1 fully saturated rings. The van der Waals surface area contributed by atoms with Crippen LogP contribution >= 0.6 is 11.6 Å². The number of piperidine rings is 1. The van der Waals surface area contributed by atoms with Crippen LogP contribution in [0, 0.1) is 11.3 Å². The SMILES string of the molecule is CCOc1cc2oc(-c3ccc(OCCOCCOCCOCCOc4cccc5c4C(=O)N(C4CCC(=O)NC4=O)C5=O)cc3Cl)cc(=O)c2cc1-c1cc(C#N)cc(C(=O)N(C)C)c1. The summed E-state index contributed by atoms with van der Waals surface area (Å²) in [5.41, 5.74) is 2.26. The fourth-order valence-electron chi connectivity index (χ4n) is 7.41. The highest BCUT2D eigenvalue weighted by Crippen LogP contribution is 2.38. The van der Waals surface area contributed by atoms with Crippen molar-refractivity contribution in [3.05, 3.63) is 110 Å². The standard InChI is InChI=1S/C48H45ClN4O13/c1-4-63-40-26-42-35(24-34(40)29-20-28(27-50)21-30(22-29)46(57)52(2)3)38(54)25-41(66-42)32-9-8-31(23-36(32)49)64-18-16-61-14-12-60-13-15-62-17-19-65-39-7-5-6-33-44(39)48(59)53(47(33)58)37-10-11-43(55)51-45(37)56/h5-9,20-26,37H,4,10-19H2,1-3H3,(H,51,55,56). The van der Waals surface area contributed by atoms with E-state index in [0.717, 1.165) is 4.90 Å². The monoisotopic (exact) mass is 920 g/mol. The van der Waals surface area contributed by atoms with Gasteiger partial charge >= 0.3 is 0 Å². The van der Waals surface area contributed by atoms with Gasteiger partial charge in [-0.1, -0.05) is 17.7 Å². The normalized spacial score (nSPS) is 14.5. The number of amides is 5. The second kappa shape index (κ2) is 21.3. The molecule has 1 aromatic heterocycles. The van der Waals surface area contributed by atoms with Gasteiger partial charge in [-0.05, 0) is 73.5 Å². The van der Waals surface area contributed by atoms with Crippen LogP contribution in [0.1, 0.15) is 56.4 Å². The highest BCUT2D eigenvalue weighted by atomic mass is 35.5. The Balaban J connectivity index is 0.831. The third-order valence-electron chi connectivity index (χ3n) is 10.5. The molecule has 3 heterocycles. The largest absolute Gasteiger partial charge is 0.493 e. The number of nitrogens with zero attached hydrogens (tertiary/aromatic N) is 3. The first kappa shape index (κ1) is 46.9.